The third-order valence-corrected chi connectivity index (χ3v) is 2.02. The number of rotatable bonds is 3. The highest BCUT2D eigenvalue weighted by Crippen LogP contribution is 2.03. The Hall–Kier alpha value is -1.65. The molecule has 0 aromatic carbocycles. The molecular formula is C12H20N4O. The Labute approximate surface area is 102 Å². The van der Waals surface area contributed by atoms with Gasteiger partial charge < -0.3 is 10.6 Å². The Kier molecular flexibility index (Phi) is 4.04. The molecule has 2 N–H and O–H groups in total. The van der Waals surface area contributed by atoms with Gasteiger partial charge in [-0.25, -0.2) is 9.97 Å². The Morgan fingerprint density at radius 3 is 2.29 bits per heavy atom. The lowest BCUT2D eigenvalue weighted by atomic mass is 10.1. The lowest BCUT2D eigenvalue weighted by Crippen LogP contribution is -2.47. The van der Waals surface area contributed by atoms with E-state index in [0.717, 1.165) is 5.56 Å². The maximum absolute atomic E-state index is 11.8. The lowest BCUT2D eigenvalue weighted by molar-refractivity contribution is -0.122. The van der Waals surface area contributed by atoms with Crippen molar-refractivity contribution in [1.82, 2.24) is 15.3 Å². The van der Waals surface area contributed by atoms with E-state index in [2.05, 4.69) is 20.6 Å². The minimum absolute atomic E-state index is 0.0679. The van der Waals surface area contributed by atoms with Crippen molar-refractivity contribution in [1.29, 1.82) is 0 Å². The Morgan fingerprint density at radius 2 is 1.82 bits per heavy atom. The molecule has 0 bridgehead atoms. The summed E-state index contributed by atoms with van der Waals surface area (Å²) in [7, 11) is 0. The first-order chi connectivity index (χ1) is 7.78. The van der Waals surface area contributed by atoms with Gasteiger partial charge in [-0.05, 0) is 40.2 Å². The topological polar surface area (TPSA) is 66.9 Å². The Morgan fingerprint density at radius 1 is 1.29 bits per heavy atom. The monoisotopic (exact) mass is 236 g/mol. The number of aromatic nitrogens is 2. The van der Waals surface area contributed by atoms with Crippen molar-refractivity contribution in [3.05, 3.63) is 18.0 Å². The van der Waals surface area contributed by atoms with Crippen LogP contribution in [-0.2, 0) is 4.79 Å². The van der Waals surface area contributed by atoms with Gasteiger partial charge in [0.25, 0.3) is 0 Å². The van der Waals surface area contributed by atoms with E-state index in [1.807, 2.05) is 27.7 Å². The van der Waals surface area contributed by atoms with Crippen LogP contribution >= 0.6 is 0 Å². The maximum Gasteiger partial charge on any atom is 0.242 e. The summed E-state index contributed by atoms with van der Waals surface area (Å²) >= 11 is 0. The van der Waals surface area contributed by atoms with Gasteiger partial charge >= 0.3 is 0 Å². The standard InChI is InChI=1S/C12H20N4O/c1-8-6-13-11(14-7-8)15-9(2)10(17)16-12(3,4)5/h6-7,9H,1-5H3,(H,16,17)(H,13,14,15). The molecule has 1 unspecified atom stereocenters. The van der Waals surface area contributed by atoms with E-state index in [-0.39, 0.29) is 17.5 Å². The van der Waals surface area contributed by atoms with Crippen molar-refractivity contribution in [2.45, 2.75) is 46.2 Å². The predicted octanol–water partition coefficient (Wildman–Crippen LogP) is 1.50. The summed E-state index contributed by atoms with van der Waals surface area (Å²) in [6.07, 6.45) is 3.42. The van der Waals surface area contributed by atoms with Crippen LogP contribution in [0.25, 0.3) is 0 Å². The number of hydrogen-bond acceptors (Lipinski definition) is 4. The molecule has 0 aliphatic heterocycles. The van der Waals surface area contributed by atoms with E-state index in [9.17, 15) is 4.79 Å². The van der Waals surface area contributed by atoms with Gasteiger partial charge in [0, 0.05) is 17.9 Å². The lowest BCUT2D eigenvalue weighted by Gasteiger charge is -2.23. The van der Waals surface area contributed by atoms with E-state index in [4.69, 9.17) is 0 Å². The third kappa shape index (κ3) is 4.80. The van der Waals surface area contributed by atoms with Crippen molar-refractivity contribution in [2.24, 2.45) is 0 Å². The Bertz CT molecular complexity index is 380. The number of aryl methyl sites for hydroxylation is 1. The smallest absolute Gasteiger partial charge is 0.242 e. The number of nitrogens with one attached hydrogen (secondary N) is 2. The summed E-state index contributed by atoms with van der Waals surface area (Å²) in [4.78, 5) is 20.0. The van der Waals surface area contributed by atoms with Gasteiger partial charge in [-0.3, -0.25) is 4.79 Å². The summed E-state index contributed by atoms with van der Waals surface area (Å²) in [5, 5.41) is 5.85. The molecule has 0 fully saturated rings. The normalized spacial score (nSPS) is 13.0. The molecule has 1 aromatic heterocycles. The zero-order chi connectivity index (χ0) is 13.1. The minimum Gasteiger partial charge on any atom is -0.350 e. The average molecular weight is 236 g/mol. The van der Waals surface area contributed by atoms with Crippen LogP contribution in [0.3, 0.4) is 0 Å². The van der Waals surface area contributed by atoms with Crippen molar-refractivity contribution in [3.8, 4) is 0 Å². The largest absolute Gasteiger partial charge is 0.350 e. The van der Waals surface area contributed by atoms with Crippen LogP contribution < -0.4 is 10.6 Å². The van der Waals surface area contributed by atoms with Crippen LogP contribution in [0, 0.1) is 6.92 Å². The first-order valence-electron chi connectivity index (χ1n) is 5.65. The summed E-state index contributed by atoms with van der Waals surface area (Å²) in [5.74, 6) is 0.397. The molecule has 1 aromatic rings. The second-order valence-electron chi connectivity index (χ2n) is 5.19. The molecular weight excluding hydrogens is 216 g/mol. The molecule has 1 atom stereocenters. The number of anilines is 1. The van der Waals surface area contributed by atoms with Gasteiger partial charge in [0.05, 0.1) is 0 Å². The van der Waals surface area contributed by atoms with E-state index in [0.29, 0.717) is 5.95 Å². The minimum atomic E-state index is -0.364. The first-order valence-corrected chi connectivity index (χ1v) is 5.65. The van der Waals surface area contributed by atoms with E-state index in [1.54, 1.807) is 19.3 Å². The molecule has 1 rings (SSSR count). The SMILES string of the molecule is Cc1cnc(NC(C)C(=O)NC(C)(C)C)nc1. The van der Waals surface area contributed by atoms with Crippen LogP contribution in [0.1, 0.15) is 33.3 Å². The van der Waals surface area contributed by atoms with E-state index >= 15 is 0 Å². The molecule has 0 aliphatic carbocycles. The van der Waals surface area contributed by atoms with Crippen LogP contribution in [0.15, 0.2) is 12.4 Å². The molecule has 0 saturated carbocycles. The number of hydrogen-bond donors (Lipinski definition) is 2. The molecule has 1 amide bonds. The van der Waals surface area contributed by atoms with Crippen LogP contribution in [0.2, 0.25) is 0 Å². The van der Waals surface area contributed by atoms with Gasteiger partial charge in [0.2, 0.25) is 11.9 Å². The van der Waals surface area contributed by atoms with Gasteiger partial charge in [0.1, 0.15) is 6.04 Å². The van der Waals surface area contributed by atoms with Crippen LogP contribution in [-0.4, -0.2) is 27.5 Å². The van der Waals surface area contributed by atoms with E-state index < -0.39 is 0 Å². The Balaban J connectivity index is 2.57. The van der Waals surface area contributed by atoms with Crippen molar-refractivity contribution >= 4 is 11.9 Å². The fraction of sp³-hybridized carbons (Fsp3) is 0.583. The molecule has 5 nitrogen and oxygen atoms in total. The zero-order valence-electron chi connectivity index (χ0n) is 11.0. The highest BCUT2D eigenvalue weighted by molar-refractivity contribution is 5.84. The molecule has 0 saturated heterocycles. The van der Waals surface area contributed by atoms with Crippen molar-refractivity contribution in [2.75, 3.05) is 5.32 Å². The van der Waals surface area contributed by atoms with Gasteiger partial charge in [-0.1, -0.05) is 0 Å². The molecule has 94 valence electrons. The molecule has 0 spiro atoms. The average Bonchev–Trinajstić information content (AvgIpc) is 2.19. The van der Waals surface area contributed by atoms with E-state index in [1.165, 1.54) is 0 Å². The number of amides is 1. The third-order valence-electron chi connectivity index (χ3n) is 2.02. The summed E-state index contributed by atoms with van der Waals surface area (Å²) in [5.41, 5.74) is 0.753. The first kappa shape index (κ1) is 13.4. The summed E-state index contributed by atoms with van der Waals surface area (Å²) in [6.45, 7) is 9.53. The predicted molar refractivity (Wildman–Crippen MR) is 67.7 cm³/mol. The second kappa shape index (κ2) is 5.12. The fourth-order valence-electron chi connectivity index (χ4n) is 1.20. The highest BCUT2D eigenvalue weighted by atomic mass is 16.2. The second-order valence-corrected chi connectivity index (χ2v) is 5.19. The highest BCUT2D eigenvalue weighted by Gasteiger charge is 2.19. The van der Waals surface area contributed by atoms with Gasteiger partial charge in [-0.2, -0.15) is 0 Å². The van der Waals surface area contributed by atoms with Gasteiger partial charge in [0.15, 0.2) is 0 Å². The molecule has 5 heteroatoms. The number of carbonyl (C=O) groups excluding carboxylic acids is 1. The van der Waals surface area contributed by atoms with Gasteiger partial charge in [-0.15, -0.1) is 0 Å². The quantitative estimate of drug-likeness (QED) is 0.834. The molecule has 1 heterocycles. The zero-order valence-corrected chi connectivity index (χ0v) is 11.0. The molecule has 0 radical (unpaired) electrons. The van der Waals surface area contributed by atoms with Crippen molar-refractivity contribution < 1.29 is 4.79 Å². The van der Waals surface area contributed by atoms with Crippen LogP contribution in [0.4, 0.5) is 5.95 Å². The van der Waals surface area contributed by atoms with Crippen LogP contribution in [0.5, 0.6) is 0 Å². The number of nitrogens with zero attached hydrogens (tertiary/aromatic N) is 2. The maximum atomic E-state index is 11.8. The molecule has 17 heavy (non-hydrogen) atoms. The summed E-state index contributed by atoms with van der Waals surface area (Å²) in [6, 6.07) is -0.364. The van der Waals surface area contributed by atoms with Crippen molar-refractivity contribution in [3.63, 3.8) is 0 Å². The summed E-state index contributed by atoms with van der Waals surface area (Å²) < 4.78 is 0. The fourth-order valence-corrected chi connectivity index (χ4v) is 1.20. The number of carbonyl (C=O) groups is 1. The molecule has 0 aliphatic rings.